The number of halogens is 3. The summed E-state index contributed by atoms with van der Waals surface area (Å²) in [5.41, 5.74) is 1.00. The molecule has 1 atom stereocenters. The molecule has 0 nitrogen and oxygen atoms in total. The maximum Gasteiger partial charge on any atom is 0.269 e. The molecule has 1 unspecified atom stereocenters. The van der Waals surface area contributed by atoms with Gasteiger partial charge in [0.15, 0.2) is 0 Å². The van der Waals surface area contributed by atoms with Crippen molar-refractivity contribution in [3.8, 4) is 0 Å². The fraction of sp³-hybridized carbons (Fsp3) is 0.778. The van der Waals surface area contributed by atoms with Gasteiger partial charge in [-0.3, -0.25) is 0 Å². The van der Waals surface area contributed by atoms with Gasteiger partial charge in [0.05, 0.1) is 0 Å². The molecule has 4 aliphatic carbocycles. The van der Waals surface area contributed by atoms with Gasteiger partial charge in [-0.25, -0.2) is 4.39 Å². The lowest BCUT2D eigenvalue weighted by molar-refractivity contribution is 0.106. The Morgan fingerprint density at radius 2 is 1.43 bits per heavy atom. The molecule has 4 aliphatic rings. The Balaban J connectivity index is 1.33. The highest BCUT2D eigenvalue weighted by Gasteiger charge is 2.40. The summed E-state index contributed by atoms with van der Waals surface area (Å²) in [5.74, 6) is 3.35. The topological polar surface area (TPSA) is 0 Å². The van der Waals surface area contributed by atoms with Crippen LogP contribution in [-0.4, -0.2) is 0 Å². The van der Waals surface area contributed by atoms with Gasteiger partial charge in [-0.05, 0) is 123 Å². The molecule has 3 heteroatoms. The number of allylic oxidation sites excluding steroid dienone is 5. The Morgan fingerprint density at radius 1 is 0.867 bits per heavy atom. The van der Waals surface area contributed by atoms with Crippen LogP contribution in [-0.2, 0) is 0 Å². The molecule has 0 saturated heterocycles. The minimum absolute atomic E-state index is 0.0645. The molecule has 0 aromatic carbocycles. The van der Waals surface area contributed by atoms with Gasteiger partial charge < -0.3 is 0 Å². The lowest BCUT2D eigenvalue weighted by atomic mass is 9.61. The summed E-state index contributed by atoms with van der Waals surface area (Å²) in [5, 5.41) is 0. The van der Waals surface area contributed by atoms with Crippen molar-refractivity contribution in [2.75, 3.05) is 0 Å². The van der Waals surface area contributed by atoms with Crippen molar-refractivity contribution in [3.05, 3.63) is 35.2 Å². The van der Waals surface area contributed by atoms with Crippen LogP contribution in [0.1, 0.15) is 97.3 Å². The van der Waals surface area contributed by atoms with Gasteiger partial charge in [-0.2, -0.15) is 8.78 Å². The van der Waals surface area contributed by atoms with Crippen molar-refractivity contribution in [2.24, 2.45) is 35.0 Å². The monoisotopic (exact) mass is 420 g/mol. The third-order valence-electron chi connectivity index (χ3n) is 9.22. The molecule has 0 aromatic heterocycles. The molecule has 168 valence electrons. The zero-order chi connectivity index (χ0) is 21.3. The van der Waals surface area contributed by atoms with Crippen LogP contribution in [0.5, 0.6) is 0 Å². The molecule has 0 N–H and O–H groups in total. The van der Waals surface area contributed by atoms with E-state index in [0.717, 1.165) is 29.7 Å². The summed E-state index contributed by atoms with van der Waals surface area (Å²) >= 11 is 0. The summed E-state index contributed by atoms with van der Waals surface area (Å²) in [6.45, 7) is 4.63. The quantitative estimate of drug-likeness (QED) is 0.427. The van der Waals surface area contributed by atoms with E-state index in [-0.39, 0.29) is 22.7 Å². The maximum atomic E-state index is 15.2. The first kappa shape index (κ1) is 22.2. The molecule has 0 aliphatic heterocycles. The van der Waals surface area contributed by atoms with Crippen LogP contribution in [0.2, 0.25) is 0 Å². The number of rotatable bonds is 3. The van der Waals surface area contributed by atoms with Crippen LogP contribution in [0, 0.1) is 35.0 Å². The average Bonchev–Trinajstić information content (AvgIpc) is 2.75. The lowest BCUT2D eigenvalue weighted by Gasteiger charge is -2.44. The van der Waals surface area contributed by atoms with Crippen molar-refractivity contribution < 1.29 is 13.2 Å². The van der Waals surface area contributed by atoms with Crippen LogP contribution in [0.4, 0.5) is 13.2 Å². The average molecular weight is 421 g/mol. The fourth-order valence-corrected chi connectivity index (χ4v) is 6.98. The third-order valence-corrected chi connectivity index (χ3v) is 9.22. The smallest absolute Gasteiger partial charge is 0.207 e. The van der Waals surface area contributed by atoms with E-state index >= 15 is 4.39 Å². The van der Waals surface area contributed by atoms with Gasteiger partial charge in [0.2, 0.25) is 0 Å². The summed E-state index contributed by atoms with van der Waals surface area (Å²) in [4.78, 5) is 0. The molecule has 0 spiro atoms. The van der Waals surface area contributed by atoms with Crippen LogP contribution in [0.25, 0.3) is 0 Å². The molecule has 0 bridgehead atoms. The van der Waals surface area contributed by atoms with Crippen molar-refractivity contribution in [1.29, 1.82) is 0 Å². The Labute approximate surface area is 181 Å². The first-order valence-electron chi connectivity index (χ1n) is 12.5. The van der Waals surface area contributed by atoms with Gasteiger partial charge in [0, 0.05) is 0 Å². The van der Waals surface area contributed by atoms with Crippen molar-refractivity contribution >= 4 is 0 Å². The molecule has 3 fully saturated rings. The molecule has 30 heavy (non-hydrogen) atoms. The second kappa shape index (κ2) is 9.25. The molecule has 3 saturated carbocycles. The molecule has 0 aromatic rings. The molecule has 0 radical (unpaired) electrons. The summed E-state index contributed by atoms with van der Waals surface area (Å²) in [6, 6.07) is 0. The van der Waals surface area contributed by atoms with Crippen LogP contribution >= 0.6 is 0 Å². The predicted octanol–water partition coefficient (Wildman–Crippen LogP) is 9.15. The molecule has 0 heterocycles. The first-order chi connectivity index (χ1) is 14.4. The van der Waals surface area contributed by atoms with Crippen molar-refractivity contribution in [2.45, 2.75) is 97.3 Å². The molecule has 4 rings (SSSR count). The maximum absolute atomic E-state index is 15.2. The van der Waals surface area contributed by atoms with Gasteiger partial charge in [0.1, 0.15) is 5.83 Å². The Morgan fingerprint density at radius 3 is 1.97 bits per heavy atom. The zero-order valence-corrected chi connectivity index (χ0v) is 18.9. The lowest BCUT2D eigenvalue weighted by Crippen LogP contribution is -2.33. The summed E-state index contributed by atoms with van der Waals surface area (Å²) in [7, 11) is 0. The van der Waals surface area contributed by atoms with Crippen LogP contribution in [0.3, 0.4) is 0 Å². The summed E-state index contributed by atoms with van der Waals surface area (Å²) in [6.07, 6.45) is 16.3. The van der Waals surface area contributed by atoms with Crippen LogP contribution in [0.15, 0.2) is 35.2 Å². The van der Waals surface area contributed by atoms with E-state index in [4.69, 9.17) is 0 Å². The highest BCUT2D eigenvalue weighted by atomic mass is 19.3. The fourth-order valence-electron chi connectivity index (χ4n) is 6.98. The van der Waals surface area contributed by atoms with Gasteiger partial charge >= 0.3 is 0 Å². The summed E-state index contributed by atoms with van der Waals surface area (Å²) < 4.78 is 40.8. The Bertz CT molecular complexity index is 688. The van der Waals surface area contributed by atoms with Gasteiger partial charge in [-0.15, -0.1) is 0 Å². The molecule has 0 amide bonds. The van der Waals surface area contributed by atoms with Crippen LogP contribution < -0.4 is 0 Å². The van der Waals surface area contributed by atoms with E-state index in [1.807, 2.05) is 6.08 Å². The first-order valence-corrected chi connectivity index (χ1v) is 12.5. The minimum atomic E-state index is -1.52. The normalized spacial score (nSPS) is 40.6. The largest absolute Gasteiger partial charge is 0.269 e. The van der Waals surface area contributed by atoms with E-state index in [1.54, 1.807) is 0 Å². The van der Waals surface area contributed by atoms with Gasteiger partial charge in [0.25, 0.3) is 6.08 Å². The van der Waals surface area contributed by atoms with E-state index in [2.05, 4.69) is 19.9 Å². The number of hydrogen-bond acceptors (Lipinski definition) is 0. The van der Waals surface area contributed by atoms with Gasteiger partial charge in [-0.1, -0.05) is 32.8 Å². The third kappa shape index (κ3) is 4.75. The minimum Gasteiger partial charge on any atom is -0.207 e. The molecular weight excluding hydrogens is 381 g/mol. The molecular formula is C27H39F3. The Hall–Kier alpha value is -0.990. The number of hydrogen-bond donors (Lipinski definition) is 0. The SMILES string of the molecule is CC1CCC(C2CCC(C3(C)C=C(F)C(C4CCC(=C(F)F)CC4)=CC3)CC2)CC1. The standard InChI is InChI=1S/C27H39F3/c1-18-3-5-19(6-4-18)20-11-13-23(14-12-20)27(2)16-15-24(25(28)17-27)21-7-9-22(10-8-21)26(29)30/h15,17-21,23H,3-14,16H2,1-2H3. The van der Waals surface area contributed by atoms with Crippen molar-refractivity contribution in [1.82, 2.24) is 0 Å². The van der Waals surface area contributed by atoms with E-state index in [9.17, 15) is 8.78 Å². The second-order valence-electron chi connectivity index (χ2n) is 11.1. The van der Waals surface area contributed by atoms with Crippen molar-refractivity contribution in [3.63, 3.8) is 0 Å². The second-order valence-corrected chi connectivity index (χ2v) is 11.1. The Kier molecular flexibility index (Phi) is 6.85. The predicted molar refractivity (Wildman–Crippen MR) is 118 cm³/mol. The zero-order valence-electron chi connectivity index (χ0n) is 18.9. The van der Waals surface area contributed by atoms with E-state index in [1.165, 1.54) is 51.4 Å². The van der Waals surface area contributed by atoms with E-state index < -0.39 is 6.08 Å². The highest BCUT2D eigenvalue weighted by Crippen LogP contribution is 2.51. The highest BCUT2D eigenvalue weighted by molar-refractivity contribution is 5.35. The van der Waals surface area contributed by atoms with E-state index in [0.29, 0.717) is 31.6 Å².